The monoisotopic (exact) mass is 322 g/mol. The van der Waals surface area contributed by atoms with Crippen LogP contribution in [-0.4, -0.2) is 26.0 Å². The summed E-state index contributed by atoms with van der Waals surface area (Å²) in [7, 11) is 0. The van der Waals surface area contributed by atoms with Crippen LogP contribution in [0.4, 0.5) is 5.69 Å². The first-order chi connectivity index (χ1) is 11.6. The number of nitrogens with zero attached hydrogens (tertiary/aromatic N) is 3. The Kier molecular flexibility index (Phi) is 4.67. The zero-order valence-electron chi connectivity index (χ0n) is 13.3. The lowest BCUT2D eigenvalue weighted by atomic mass is 10.1. The highest BCUT2D eigenvalue weighted by molar-refractivity contribution is 6.02. The summed E-state index contributed by atoms with van der Waals surface area (Å²) in [6, 6.07) is 16.8. The van der Waals surface area contributed by atoms with Gasteiger partial charge in [0, 0.05) is 5.69 Å². The van der Waals surface area contributed by atoms with Gasteiger partial charge in [-0.25, -0.2) is 4.68 Å². The molecule has 0 aliphatic rings. The molecule has 1 atom stereocenters. The number of anilines is 1. The van der Waals surface area contributed by atoms with Crippen LogP contribution >= 0.6 is 0 Å². The number of hydrogen-bond donors (Lipinski definition) is 2. The number of aryl methyl sites for hydroxylation is 1. The predicted molar refractivity (Wildman–Crippen MR) is 90.6 cm³/mol. The van der Waals surface area contributed by atoms with Crippen LogP contribution < -0.4 is 5.32 Å². The number of hydrogen-bond acceptors (Lipinski definition) is 4. The smallest absolute Gasteiger partial charge is 0.277 e. The summed E-state index contributed by atoms with van der Waals surface area (Å²) >= 11 is 0. The maximum atomic E-state index is 12.1. The van der Waals surface area contributed by atoms with Crippen molar-refractivity contribution in [1.82, 2.24) is 15.0 Å². The van der Waals surface area contributed by atoms with E-state index >= 15 is 0 Å². The third kappa shape index (κ3) is 3.85. The average molecular weight is 322 g/mol. The van der Waals surface area contributed by atoms with E-state index in [2.05, 4.69) is 15.6 Å². The molecule has 122 valence electrons. The van der Waals surface area contributed by atoms with E-state index in [1.54, 1.807) is 12.1 Å². The third-order valence-electron chi connectivity index (χ3n) is 3.63. The lowest BCUT2D eigenvalue weighted by Crippen LogP contribution is -2.12. The van der Waals surface area contributed by atoms with Gasteiger partial charge in [0.15, 0.2) is 5.69 Å². The summed E-state index contributed by atoms with van der Waals surface area (Å²) in [5.41, 5.74) is 2.82. The Morgan fingerprint density at radius 2 is 1.88 bits per heavy atom. The largest absolute Gasteiger partial charge is 0.386 e. The first-order valence-electron chi connectivity index (χ1n) is 7.63. The Hall–Kier alpha value is -2.99. The second kappa shape index (κ2) is 7.06. The maximum Gasteiger partial charge on any atom is 0.277 e. The van der Waals surface area contributed by atoms with Crippen molar-refractivity contribution < 1.29 is 9.90 Å². The number of aliphatic hydroxyl groups excluding tert-OH is 1. The molecule has 0 bridgehead atoms. The number of aliphatic hydroxyl groups is 1. The Morgan fingerprint density at radius 1 is 1.17 bits per heavy atom. The second-order valence-corrected chi connectivity index (χ2v) is 5.57. The van der Waals surface area contributed by atoms with Gasteiger partial charge in [0.05, 0.1) is 18.8 Å². The van der Waals surface area contributed by atoms with E-state index in [1.807, 2.05) is 49.4 Å². The van der Waals surface area contributed by atoms with Gasteiger partial charge in [-0.15, -0.1) is 5.10 Å². The Bertz CT molecular complexity index is 813. The Morgan fingerprint density at radius 3 is 2.58 bits per heavy atom. The van der Waals surface area contributed by atoms with E-state index in [-0.39, 0.29) is 18.1 Å². The Balaban J connectivity index is 1.64. The molecule has 0 radical (unpaired) electrons. The molecule has 0 spiro atoms. The highest BCUT2D eigenvalue weighted by atomic mass is 16.3. The number of amides is 1. The summed E-state index contributed by atoms with van der Waals surface area (Å²) in [5.74, 6) is -0.336. The molecule has 1 aromatic heterocycles. The van der Waals surface area contributed by atoms with Crippen molar-refractivity contribution in [2.75, 3.05) is 5.32 Å². The first-order valence-corrected chi connectivity index (χ1v) is 7.63. The number of benzene rings is 2. The Labute approximate surface area is 139 Å². The molecular formula is C18H18N4O2. The molecule has 0 aliphatic heterocycles. The van der Waals surface area contributed by atoms with Crippen molar-refractivity contribution in [3.8, 4) is 0 Å². The van der Waals surface area contributed by atoms with Gasteiger partial charge >= 0.3 is 0 Å². The molecule has 0 fully saturated rings. The van der Waals surface area contributed by atoms with Gasteiger partial charge in [-0.2, -0.15) is 0 Å². The molecule has 3 aromatic rings. The zero-order valence-corrected chi connectivity index (χ0v) is 13.3. The number of carbonyl (C=O) groups is 1. The van der Waals surface area contributed by atoms with Crippen molar-refractivity contribution in [2.24, 2.45) is 0 Å². The molecule has 3 rings (SSSR count). The van der Waals surface area contributed by atoms with E-state index in [9.17, 15) is 9.90 Å². The van der Waals surface area contributed by atoms with Crippen molar-refractivity contribution in [1.29, 1.82) is 0 Å². The fraction of sp³-hybridized carbons (Fsp3) is 0.167. The van der Waals surface area contributed by atoms with Crippen LogP contribution in [0.1, 0.15) is 27.7 Å². The normalized spacial score (nSPS) is 11.9. The molecule has 1 heterocycles. The van der Waals surface area contributed by atoms with Gasteiger partial charge in [-0.05, 0) is 24.6 Å². The number of nitrogens with one attached hydrogen (secondary N) is 1. The van der Waals surface area contributed by atoms with Crippen LogP contribution in [-0.2, 0) is 6.54 Å². The highest BCUT2D eigenvalue weighted by Gasteiger charge is 2.14. The molecule has 0 saturated carbocycles. The molecule has 1 unspecified atom stereocenters. The molecule has 0 aliphatic carbocycles. The molecule has 2 N–H and O–H groups in total. The van der Waals surface area contributed by atoms with Crippen LogP contribution in [0, 0.1) is 6.92 Å². The van der Waals surface area contributed by atoms with Gasteiger partial charge in [0.2, 0.25) is 0 Å². The maximum absolute atomic E-state index is 12.1. The summed E-state index contributed by atoms with van der Waals surface area (Å²) in [4.78, 5) is 12.1. The van der Waals surface area contributed by atoms with Crippen LogP contribution in [0.2, 0.25) is 0 Å². The van der Waals surface area contributed by atoms with E-state index < -0.39 is 6.10 Å². The highest BCUT2D eigenvalue weighted by Crippen LogP contribution is 2.15. The third-order valence-corrected chi connectivity index (χ3v) is 3.63. The molecule has 24 heavy (non-hydrogen) atoms. The van der Waals surface area contributed by atoms with E-state index in [1.165, 1.54) is 10.9 Å². The molecule has 6 nitrogen and oxygen atoms in total. The van der Waals surface area contributed by atoms with Gasteiger partial charge in [-0.3, -0.25) is 4.79 Å². The van der Waals surface area contributed by atoms with Crippen LogP contribution in [0.5, 0.6) is 0 Å². The number of carbonyl (C=O) groups excluding carboxylic acids is 1. The van der Waals surface area contributed by atoms with Crippen LogP contribution in [0.25, 0.3) is 0 Å². The summed E-state index contributed by atoms with van der Waals surface area (Å²) < 4.78 is 1.46. The fourth-order valence-electron chi connectivity index (χ4n) is 2.28. The first kappa shape index (κ1) is 15.9. The quantitative estimate of drug-likeness (QED) is 0.756. The van der Waals surface area contributed by atoms with Crippen molar-refractivity contribution in [3.63, 3.8) is 0 Å². The van der Waals surface area contributed by atoms with E-state index in [4.69, 9.17) is 0 Å². The second-order valence-electron chi connectivity index (χ2n) is 5.57. The summed E-state index contributed by atoms with van der Waals surface area (Å²) in [5, 5.41) is 20.8. The van der Waals surface area contributed by atoms with Crippen LogP contribution in [0.3, 0.4) is 0 Å². The molecule has 1 amide bonds. The summed E-state index contributed by atoms with van der Waals surface area (Å²) in [6.07, 6.45) is 0.813. The van der Waals surface area contributed by atoms with E-state index in [0.29, 0.717) is 5.69 Å². The molecule has 6 heteroatoms. The van der Waals surface area contributed by atoms with Crippen molar-refractivity contribution in [2.45, 2.75) is 19.6 Å². The lowest BCUT2D eigenvalue weighted by molar-refractivity contribution is 0.102. The standard InChI is InChI=1S/C18H18N4O2/c1-13-7-9-14(10-8-13)17(23)12-22-11-16(20-21-22)18(24)19-15-5-3-2-4-6-15/h2-11,17,23H,12H2,1H3,(H,19,24). The van der Waals surface area contributed by atoms with Gasteiger partial charge in [0.25, 0.3) is 5.91 Å². The van der Waals surface area contributed by atoms with Gasteiger partial charge < -0.3 is 10.4 Å². The fourth-order valence-corrected chi connectivity index (χ4v) is 2.28. The minimum atomic E-state index is -0.711. The van der Waals surface area contributed by atoms with E-state index in [0.717, 1.165) is 11.1 Å². The average Bonchev–Trinajstić information content (AvgIpc) is 3.05. The lowest BCUT2D eigenvalue weighted by Gasteiger charge is -2.10. The van der Waals surface area contributed by atoms with Crippen LogP contribution in [0.15, 0.2) is 60.8 Å². The summed E-state index contributed by atoms with van der Waals surface area (Å²) in [6.45, 7) is 2.22. The molecular weight excluding hydrogens is 304 g/mol. The number of para-hydroxylation sites is 1. The minimum absolute atomic E-state index is 0.204. The molecule has 0 saturated heterocycles. The number of rotatable bonds is 5. The van der Waals surface area contributed by atoms with Gasteiger partial charge in [0.1, 0.15) is 0 Å². The van der Waals surface area contributed by atoms with Gasteiger partial charge in [-0.1, -0.05) is 53.2 Å². The topological polar surface area (TPSA) is 80.0 Å². The minimum Gasteiger partial charge on any atom is -0.386 e. The number of aromatic nitrogens is 3. The van der Waals surface area contributed by atoms with Crippen molar-refractivity contribution >= 4 is 11.6 Å². The SMILES string of the molecule is Cc1ccc(C(O)Cn2cc(C(=O)Nc3ccccc3)nn2)cc1. The molecule has 2 aromatic carbocycles. The predicted octanol–water partition coefficient (Wildman–Crippen LogP) is 2.57. The van der Waals surface area contributed by atoms with Crippen molar-refractivity contribution in [3.05, 3.63) is 77.6 Å². The zero-order chi connectivity index (χ0) is 16.9.